The first kappa shape index (κ1) is 19.6. The van der Waals surface area contributed by atoms with Gasteiger partial charge >= 0.3 is 0 Å². The van der Waals surface area contributed by atoms with Gasteiger partial charge in [-0.05, 0) is 64.3 Å². The zero-order valence-corrected chi connectivity index (χ0v) is 16.0. The third-order valence-corrected chi connectivity index (χ3v) is 4.58. The molecule has 0 spiro atoms. The molecule has 0 aliphatic carbocycles. The predicted molar refractivity (Wildman–Crippen MR) is 105 cm³/mol. The Hall–Kier alpha value is -2.76. The van der Waals surface area contributed by atoms with E-state index in [-0.39, 0.29) is 44.6 Å². The molecule has 0 aromatic heterocycles. The zero-order valence-electron chi connectivity index (χ0n) is 13.6. The molecule has 0 unspecified atom stereocenters. The van der Waals surface area contributed by atoms with Crippen molar-refractivity contribution in [2.45, 2.75) is 13.5 Å². The Bertz CT molecular complexity index is 905. The number of halogens is 1. The molecule has 6 nitrogen and oxygen atoms in total. The minimum Gasteiger partial charge on any atom is -0.508 e. The number of nitrogens with zero attached hydrogens (tertiary/aromatic N) is 1. The predicted octanol–water partition coefficient (Wildman–Crippen LogP) is 3.60. The van der Waals surface area contributed by atoms with E-state index in [0.717, 1.165) is 0 Å². The second kappa shape index (κ2) is 8.08. The van der Waals surface area contributed by atoms with Gasteiger partial charge in [-0.15, -0.1) is 0 Å². The van der Waals surface area contributed by atoms with E-state index < -0.39 is 0 Å². The largest absolute Gasteiger partial charge is 0.508 e. The minimum absolute atomic E-state index is 0.0341. The van der Waals surface area contributed by atoms with Gasteiger partial charge in [-0.1, -0.05) is 12.2 Å². The van der Waals surface area contributed by atoms with Crippen molar-refractivity contribution in [3.8, 4) is 29.1 Å². The molecule has 0 atom stereocenters. The highest BCUT2D eigenvalue weighted by Gasteiger charge is 2.10. The molecule has 0 saturated heterocycles. The molecule has 0 heterocycles. The molecular formula is C18H15BrN2O4S. The van der Waals surface area contributed by atoms with Gasteiger partial charge in [-0.2, -0.15) is 5.26 Å². The topological polar surface area (TPSA) is 117 Å². The number of nitrogens with one attached hydrogen (secondary N) is 1. The van der Waals surface area contributed by atoms with E-state index in [4.69, 9.17) is 12.2 Å². The molecule has 0 bridgehead atoms. The van der Waals surface area contributed by atoms with Gasteiger partial charge in [0.2, 0.25) is 0 Å². The summed E-state index contributed by atoms with van der Waals surface area (Å²) in [7, 11) is 0. The molecule has 2 aromatic rings. The lowest BCUT2D eigenvalue weighted by atomic mass is 10.1. The highest BCUT2D eigenvalue weighted by Crippen LogP contribution is 2.35. The summed E-state index contributed by atoms with van der Waals surface area (Å²) >= 11 is 8.31. The van der Waals surface area contributed by atoms with E-state index in [9.17, 15) is 25.7 Å². The molecule has 2 rings (SSSR count). The lowest BCUT2D eigenvalue weighted by Gasteiger charge is -2.10. The maximum Gasteiger partial charge on any atom is 0.171 e. The van der Waals surface area contributed by atoms with Crippen LogP contribution in [0, 0.1) is 18.3 Å². The van der Waals surface area contributed by atoms with Gasteiger partial charge in [0.05, 0.1) is 10.0 Å². The molecule has 0 aliphatic rings. The quantitative estimate of drug-likeness (QED) is 0.216. The van der Waals surface area contributed by atoms with Crippen LogP contribution in [0.15, 0.2) is 34.3 Å². The fraction of sp³-hybridized carbons (Fsp3) is 0.111. The summed E-state index contributed by atoms with van der Waals surface area (Å²) in [5.74, 6) is -0.686. The van der Waals surface area contributed by atoms with E-state index in [0.29, 0.717) is 16.7 Å². The van der Waals surface area contributed by atoms with Crippen LogP contribution in [0.3, 0.4) is 0 Å². The molecule has 8 heteroatoms. The van der Waals surface area contributed by atoms with Gasteiger partial charge in [0.25, 0.3) is 0 Å². The summed E-state index contributed by atoms with van der Waals surface area (Å²) < 4.78 is 0.283. The van der Waals surface area contributed by atoms with Crippen molar-refractivity contribution in [1.82, 2.24) is 5.32 Å². The van der Waals surface area contributed by atoms with Gasteiger partial charge in [-0.3, -0.25) is 0 Å². The molecule has 0 aliphatic heterocycles. The summed E-state index contributed by atoms with van der Waals surface area (Å²) in [6.07, 6.45) is 1.46. The Labute approximate surface area is 163 Å². The standard InChI is InChI=1S/C18H15BrN2O4S/c1-9-14(22)5-11(6-15(9)23)8-21-18(26)12(7-20)2-10-3-13(19)17(25)16(24)4-10/h2-6,22-25H,8H2,1H3,(H,21,26)/b12-2+. The summed E-state index contributed by atoms with van der Waals surface area (Å²) in [5.41, 5.74) is 1.60. The molecule has 2 aromatic carbocycles. The fourth-order valence-corrected chi connectivity index (χ4v) is 2.77. The summed E-state index contributed by atoms with van der Waals surface area (Å²) in [6.45, 7) is 1.79. The van der Waals surface area contributed by atoms with Crippen LogP contribution in [-0.2, 0) is 6.54 Å². The number of rotatable bonds is 4. The Morgan fingerprint density at radius 1 is 1.15 bits per heavy atom. The van der Waals surface area contributed by atoms with Crippen LogP contribution in [0.2, 0.25) is 0 Å². The monoisotopic (exact) mass is 434 g/mol. The number of phenols is 4. The van der Waals surface area contributed by atoms with E-state index in [2.05, 4.69) is 21.2 Å². The average molecular weight is 435 g/mol. The first-order valence-corrected chi connectivity index (χ1v) is 8.56. The van der Waals surface area contributed by atoms with Crippen molar-refractivity contribution < 1.29 is 20.4 Å². The first-order valence-electron chi connectivity index (χ1n) is 7.35. The van der Waals surface area contributed by atoms with Gasteiger partial charge in [-0.25, -0.2) is 0 Å². The summed E-state index contributed by atoms with van der Waals surface area (Å²) in [4.78, 5) is 0.163. The third-order valence-electron chi connectivity index (χ3n) is 3.61. The Morgan fingerprint density at radius 2 is 1.77 bits per heavy atom. The second-order valence-electron chi connectivity index (χ2n) is 5.48. The number of phenolic OH excluding ortho intramolecular Hbond substituents is 4. The van der Waals surface area contributed by atoms with E-state index in [1.807, 2.05) is 6.07 Å². The van der Waals surface area contributed by atoms with Crippen molar-refractivity contribution >= 4 is 39.2 Å². The zero-order chi connectivity index (χ0) is 19.4. The lowest BCUT2D eigenvalue weighted by Crippen LogP contribution is -2.22. The molecule has 134 valence electrons. The maximum atomic E-state index is 9.74. The summed E-state index contributed by atoms with van der Waals surface area (Å²) in [6, 6.07) is 7.80. The van der Waals surface area contributed by atoms with Crippen LogP contribution in [0.25, 0.3) is 6.08 Å². The molecule has 26 heavy (non-hydrogen) atoms. The fourth-order valence-electron chi connectivity index (χ4n) is 2.12. The van der Waals surface area contributed by atoms with Crippen molar-refractivity contribution in [2.24, 2.45) is 0 Å². The normalized spacial score (nSPS) is 11.0. The van der Waals surface area contributed by atoms with Crippen molar-refractivity contribution in [1.29, 1.82) is 5.26 Å². The van der Waals surface area contributed by atoms with Crippen molar-refractivity contribution in [3.05, 3.63) is 51.0 Å². The lowest BCUT2D eigenvalue weighted by molar-refractivity contribution is 0.401. The summed E-state index contributed by atoms with van der Waals surface area (Å²) in [5, 5.41) is 50.9. The van der Waals surface area contributed by atoms with Crippen molar-refractivity contribution in [3.63, 3.8) is 0 Å². The van der Waals surface area contributed by atoms with Crippen LogP contribution in [0.5, 0.6) is 23.0 Å². The molecule has 5 N–H and O–H groups in total. The van der Waals surface area contributed by atoms with Gasteiger partial charge in [0.15, 0.2) is 11.5 Å². The molecule has 0 radical (unpaired) electrons. The smallest absolute Gasteiger partial charge is 0.171 e. The van der Waals surface area contributed by atoms with Crippen LogP contribution >= 0.6 is 28.1 Å². The van der Waals surface area contributed by atoms with Crippen LogP contribution in [0.1, 0.15) is 16.7 Å². The highest BCUT2D eigenvalue weighted by atomic mass is 79.9. The Balaban J connectivity index is 2.18. The number of thiocarbonyl (C=S) groups is 1. The number of benzene rings is 2. The van der Waals surface area contributed by atoms with E-state index in [1.165, 1.54) is 30.3 Å². The van der Waals surface area contributed by atoms with Crippen LogP contribution in [0.4, 0.5) is 0 Å². The van der Waals surface area contributed by atoms with Crippen LogP contribution < -0.4 is 5.32 Å². The SMILES string of the molecule is Cc1c(O)cc(CNC(=S)/C(C#N)=C/c2cc(O)c(O)c(Br)c2)cc1O. The van der Waals surface area contributed by atoms with E-state index >= 15 is 0 Å². The highest BCUT2D eigenvalue weighted by molar-refractivity contribution is 9.10. The molecule has 0 amide bonds. The molecule has 0 saturated carbocycles. The molecular weight excluding hydrogens is 420 g/mol. The number of aromatic hydroxyl groups is 4. The van der Waals surface area contributed by atoms with Crippen molar-refractivity contribution in [2.75, 3.05) is 0 Å². The third kappa shape index (κ3) is 4.45. The number of hydrogen-bond acceptors (Lipinski definition) is 6. The first-order chi connectivity index (χ1) is 12.2. The number of hydrogen-bond donors (Lipinski definition) is 5. The number of nitriles is 1. The minimum atomic E-state index is -0.326. The van der Waals surface area contributed by atoms with Gasteiger partial charge in [0.1, 0.15) is 22.6 Å². The Morgan fingerprint density at radius 3 is 2.31 bits per heavy atom. The Kier molecular flexibility index (Phi) is 6.08. The van der Waals surface area contributed by atoms with E-state index in [1.54, 1.807) is 6.92 Å². The maximum absolute atomic E-state index is 9.74. The van der Waals surface area contributed by atoms with Gasteiger partial charge < -0.3 is 25.7 Å². The van der Waals surface area contributed by atoms with Crippen LogP contribution in [-0.4, -0.2) is 25.4 Å². The van der Waals surface area contributed by atoms with Gasteiger partial charge in [0, 0.05) is 12.1 Å². The molecule has 0 fully saturated rings. The second-order valence-corrected chi connectivity index (χ2v) is 6.74. The average Bonchev–Trinajstić information content (AvgIpc) is 2.59.